The second-order valence-electron chi connectivity index (χ2n) is 8.87. The maximum absolute atomic E-state index is 13.7. The van der Waals surface area contributed by atoms with Gasteiger partial charge >= 0.3 is 0 Å². The minimum absolute atomic E-state index is 0.000556. The van der Waals surface area contributed by atoms with E-state index in [1.165, 1.54) is 5.56 Å². The quantitative estimate of drug-likeness (QED) is 0.580. The molecule has 7 nitrogen and oxygen atoms in total. The molecule has 0 spiro atoms. The highest BCUT2D eigenvalue weighted by atomic mass is 16.2. The van der Waals surface area contributed by atoms with Gasteiger partial charge in [0.15, 0.2) is 5.82 Å². The average Bonchev–Trinajstić information content (AvgIpc) is 3.14. The van der Waals surface area contributed by atoms with Crippen LogP contribution in [0.3, 0.4) is 0 Å². The van der Waals surface area contributed by atoms with Gasteiger partial charge in [-0.15, -0.1) is 0 Å². The minimum atomic E-state index is -0.192. The van der Waals surface area contributed by atoms with E-state index in [0.29, 0.717) is 42.4 Å². The van der Waals surface area contributed by atoms with Crippen molar-refractivity contribution in [1.82, 2.24) is 24.3 Å². The van der Waals surface area contributed by atoms with Crippen LogP contribution in [0.25, 0.3) is 10.9 Å². The Balaban J connectivity index is 1.65. The first kappa shape index (κ1) is 23.0. The summed E-state index contributed by atoms with van der Waals surface area (Å²) in [6, 6.07) is 8.03. The van der Waals surface area contributed by atoms with Crippen LogP contribution in [0.2, 0.25) is 0 Å². The summed E-state index contributed by atoms with van der Waals surface area (Å²) in [6.07, 6.45) is 4.43. The van der Waals surface area contributed by atoms with Crippen LogP contribution in [0.4, 0.5) is 0 Å². The maximum Gasteiger partial charge on any atom is 0.271 e. The van der Waals surface area contributed by atoms with E-state index in [-0.39, 0.29) is 17.9 Å². The van der Waals surface area contributed by atoms with Gasteiger partial charge in [-0.3, -0.25) is 9.59 Å². The molecule has 1 aliphatic heterocycles. The summed E-state index contributed by atoms with van der Waals surface area (Å²) in [4.78, 5) is 39.4. The number of carbonyl (C=O) groups excluding carboxylic acids is 2. The summed E-state index contributed by atoms with van der Waals surface area (Å²) in [7, 11) is 1.94. The van der Waals surface area contributed by atoms with Crippen molar-refractivity contribution in [3.63, 3.8) is 0 Å². The fourth-order valence-corrected chi connectivity index (χ4v) is 4.80. The maximum atomic E-state index is 13.7. The van der Waals surface area contributed by atoms with Gasteiger partial charge in [-0.25, -0.2) is 9.97 Å². The number of piperidine rings is 1. The summed E-state index contributed by atoms with van der Waals surface area (Å²) >= 11 is 0. The zero-order chi connectivity index (χ0) is 23.7. The van der Waals surface area contributed by atoms with Gasteiger partial charge in [-0.05, 0) is 65.2 Å². The number of hydrogen-bond acceptors (Lipinski definition) is 4. The molecule has 0 unspecified atom stereocenters. The molecule has 1 saturated heterocycles. The lowest BCUT2D eigenvalue weighted by molar-refractivity contribution is 0.0589. The van der Waals surface area contributed by atoms with Crippen LogP contribution < -0.4 is 0 Å². The van der Waals surface area contributed by atoms with Crippen molar-refractivity contribution < 1.29 is 9.59 Å². The first-order valence-electron chi connectivity index (χ1n) is 11.9. The molecule has 1 aliphatic rings. The topological polar surface area (TPSA) is 71.3 Å². The second-order valence-corrected chi connectivity index (χ2v) is 8.87. The second kappa shape index (κ2) is 9.33. The van der Waals surface area contributed by atoms with Crippen molar-refractivity contribution in [2.45, 2.75) is 53.0 Å². The highest BCUT2D eigenvalue weighted by molar-refractivity contribution is 5.99. The van der Waals surface area contributed by atoms with Gasteiger partial charge in [0.2, 0.25) is 0 Å². The summed E-state index contributed by atoms with van der Waals surface area (Å²) in [5.41, 5.74) is 4.08. The van der Waals surface area contributed by atoms with E-state index in [9.17, 15) is 9.59 Å². The number of carbonyl (C=O) groups is 2. The zero-order valence-corrected chi connectivity index (χ0v) is 20.3. The fraction of sp³-hybridized carbons (Fsp3) is 0.462. The Hall–Kier alpha value is -3.22. The molecule has 0 aliphatic carbocycles. The first-order valence-corrected chi connectivity index (χ1v) is 11.9. The molecule has 2 amide bonds. The molecule has 1 aromatic carbocycles. The molecule has 2 aromatic heterocycles. The predicted molar refractivity (Wildman–Crippen MR) is 129 cm³/mol. The third-order valence-electron chi connectivity index (χ3n) is 6.76. The van der Waals surface area contributed by atoms with E-state index in [2.05, 4.69) is 30.1 Å². The van der Waals surface area contributed by atoms with E-state index in [1.807, 2.05) is 43.4 Å². The van der Waals surface area contributed by atoms with Crippen molar-refractivity contribution >= 4 is 22.7 Å². The smallest absolute Gasteiger partial charge is 0.271 e. The van der Waals surface area contributed by atoms with Crippen LogP contribution >= 0.6 is 0 Å². The monoisotopic (exact) mass is 447 g/mol. The van der Waals surface area contributed by atoms with E-state index in [0.717, 1.165) is 30.2 Å². The molecule has 3 aromatic rings. The van der Waals surface area contributed by atoms with Gasteiger partial charge in [0, 0.05) is 43.8 Å². The molecule has 1 fully saturated rings. The Kier molecular flexibility index (Phi) is 6.49. The Labute approximate surface area is 195 Å². The van der Waals surface area contributed by atoms with Crippen LogP contribution in [-0.4, -0.2) is 55.8 Å². The molecule has 4 rings (SSSR count). The van der Waals surface area contributed by atoms with Gasteiger partial charge in [-0.1, -0.05) is 11.6 Å². The lowest BCUT2D eigenvalue weighted by atomic mass is 10.0. The summed E-state index contributed by atoms with van der Waals surface area (Å²) in [6.45, 7) is 9.80. The number of fused-ring (bicyclic) bond motifs is 1. The Morgan fingerprint density at radius 3 is 2.58 bits per heavy atom. The fourth-order valence-electron chi connectivity index (χ4n) is 4.80. The predicted octanol–water partition coefficient (Wildman–Crippen LogP) is 4.43. The standard InChI is InChI=1S/C26H33N5O2/c1-6-30(7-2)25(32)20-16-27-24(28-18(20)4)22-10-8-9-13-31(22)26(33)23-15-19-14-17(3)11-12-21(19)29(23)5/h11-12,14-16,22H,6-10,13H2,1-5H3/t22-/m1/s1. The van der Waals surface area contributed by atoms with Gasteiger partial charge < -0.3 is 14.4 Å². The van der Waals surface area contributed by atoms with Gasteiger partial charge in [-0.2, -0.15) is 0 Å². The third-order valence-corrected chi connectivity index (χ3v) is 6.76. The van der Waals surface area contributed by atoms with Crippen LogP contribution in [0.15, 0.2) is 30.5 Å². The Morgan fingerprint density at radius 1 is 1.12 bits per heavy atom. The number of hydrogen-bond donors (Lipinski definition) is 0. The highest BCUT2D eigenvalue weighted by Gasteiger charge is 2.32. The molecule has 7 heteroatoms. The number of aromatic nitrogens is 3. The van der Waals surface area contributed by atoms with Crippen molar-refractivity contribution in [3.8, 4) is 0 Å². The van der Waals surface area contributed by atoms with Crippen molar-refractivity contribution in [2.24, 2.45) is 7.05 Å². The molecule has 0 saturated carbocycles. The molecule has 1 atom stereocenters. The van der Waals surface area contributed by atoms with Crippen LogP contribution in [-0.2, 0) is 7.05 Å². The lowest BCUT2D eigenvalue weighted by Crippen LogP contribution is -2.40. The number of likely N-dealkylation sites (tertiary alicyclic amines) is 1. The molecule has 0 radical (unpaired) electrons. The van der Waals surface area contributed by atoms with Gasteiger partial charge in [0.25, 0.3) is 11.8 Å². The number of nitrogens with zero attached hydrogens (tertiary/aromatic N) is 5. The normalized spacial score (nSPS) is 16.3. The van der Waals surface area contributed by atoms with E-state index in [4.69, 9.17) is 4.98 Å². The van der Waals surface area contributed by atoms with Gasteiger partial charge in [0.1, 0.15) is 5.69 Å². The van der Waals surface area contributed by atoms with E-state index < -0.39 is 0 Å². The molecule has 0 N–H and O–H groups in total. The molecular formula is C26H33N5O2. The first-order chi connectivity index (χ1) is 15.8. The number of aryl methyl sites for hydroxylation is 3. The van der Waals surface area contributed by atoms with Crippen LogP contribution in [0.1, 0.15) is 77.1 Å². The number of rotatable bonds is 5. The van der Waals surface area contributed by atoms with Crippen molar-refractivity contribution in [1.29, 1.82) is 0 Å². The number of benzene rings is 1. The molecule has 0 bridgehead atoms. The van der Waals surface area contributed by atoms with Gasteiger partial charge in [0.05, 0.1) is 17.3 Å². The Bertz CT molecular complexity index is 1190. The zero-order valence-electron chi connectivity index (χ0n) is 20.3. The van der Waals surface area contributed by atoms with Crippen molar-refractivity contribution in [2.75, 3.05) is 19.6 Å². The summed E-state index contributed by atoms with van der Waals surface area (Å²) in [5, 5.41) is 1.07. The lowest BCUT2D eigenvalue weighted by Gasteiger charge is -2.35. The van der Waals surface area contributed by atoms with E-state index >= 15 is 0 Å². The molecule has 33 heavy (non-hydrogen) atoms. The molecule has 174 valence electrons. The average molecular weight is 448 g/mol. The van der Waals surface area contributed by atoms with E-state index in [1.54, 1.807) is 11.1 Å². The summed E-state index contributed by atoms with van der Waals surface area (Å²) in [5.74, 6) is 0.568. The highest BCUT2D eigenvalue weighted by Crippen LogP contribution is 2.32. The molecule has 3 heterocycles. The van der Waals surface area contributed by atoms with Crippen LogP contribution in [0.5, 0.6) is 0 Å². The van der Waals surface area contributed by atoms with Crippen LogP contribution in [0, 0.1) is 13.8 Å². The SMILES string of the molecule is CCN(CC)C(=O)c1cnc([C@H]2CCCCN2C(=O)c2cc3cc(C)ccc3n2C)nc1C. The van der Waals surface area contributed by atoms with Crippen molar-refractivity contribution in [3.05, 3.63) is 58.8 Å². The largest absolute Gasteiger partial charge is 0.340 e. The molecular weight excluding hydrogens is 414 g/mol. The summed E-state index contributed by atoms with van der Waals surface area (Å²) < 4.78 is 1.97. The Morgan fingerprint density at radius 2 is 1.88 bits per heavy atom. The minimum Gasteiger partial charge on any atom is -0.340 e. The third kappa shape index (κ3) is 4.24. The number of amides is 2.